The van der Waals surface area contributed by atoms with Crippen LogP contribution in [0.3, 0.4) is 0 Å². The molecule has 12 aromatic rings. The molecule has 8 aliphatic heterocycles. The Morgan fingerprint density at radius 1 is 0.477 bits per heavy atom. The van der Waals surface area contributed by atoms with Gasteiger partial charge in [0.25, 0.3) is 22.9 Å². The monoisotopic (exact) mass is 2050 g/mol. The second kappa shape index (κ2) is 44.2. The third kappa shape index (κ3) is 20.4. The van der Waals surface area contributed by atoms with Gasteiger partial charge in [-0.05, 0) is 255 Å². The van der Waals surface area contributed by atoms with Crippen LogP contribution in [-0.4, -0.2) is 212 Å². The van der Waals surface area contributed by atoms with Crippen LogP contribution in [0.5, 0.6) is 34.5 Å². The first kappa shape index (κ1) is 107. The molecule has 4 saturated heterocycles. The normalized spacial score (nSPS) is 17.7. The van der Waals surface area contributed by atoms with E-state index in [4.69, 9.17) is 28.9 Å². The quantitative estimate of drug-likeness (QED) is 0.0198. The number of hydrogen-bond acceptors (Lipinski definition) is 29. The van der Waals surface area contributed by atoms with Crippen LogP contribution in [0.2, 0.25) is 0 Å². The van der Waals surface area contributed by atoms with Gasteiger partial charge in [0.05, 0.1) is 86.9 Å². The summed E-state index contributed by atoms with van der Waals surface area (Å²) in [6.45, 7) is 26.2. The minimum atomic E-state index is -1.84. The number of pyridine rings is 4. The van der Waals surface area contributed by atoms with Gasteiger partial charge >= 0.3 is 29.8 Å². The molecule has 0 aliphatic carbocycles. The van der Waals surface area contributed by atoms with Crippen molar-refractivity contribution in [1.82, 2.24) is 79.3 Å². The SMILES string of the molecule is C.CCNC(=O)c1nnc(-c2cc(C(C)C)c(O)cc2O)n1-c1ccc(CN2CCC(C(=O)N3CCC(C(=O)OC4(CC)C(=O)OCc5c4cc4n(c5=O)Cc5cc6c(CC)c(O)ccc6nc5-4)CC3)CC2)cc1.CCNC(=O)c1nnc(-c2cc(C(C)C)c(O)cc2O)n1-c1ccc(CN2CCC(C(=O)O)CC2)cc1.CCc1c2c(nc3ccc(O)cc13)-c1cc3c(c(=O)n1C2)COC(=O)C3(CC)OC(=O)C1CCNCC1.Cl. The van der Waals surface area contributed by atoms with Crippen LogP contribution in [0.4, 0.5) is 0 Å². The number of likely N-dealkylation sites (tertiary alicyclic amines) is 3. The molecular weight excluding hydrogens is 1930 g/mol. The van der Waals surface area contributed by atoms with Crippen LogP contribution in [0.25, 0.3) is 78.7 Å². The Morgan fingerprint density at radius 2 is 0.913 bits per heavy atom. The zero-order valence-electron chi connectivity index (χ0n) is 84.4. The first-order chi connectivity index (χ1) is 70.7. The molecule has 14 heterocycles. The highest BCUT2D eigenvalue weighted by Gasteiger charge is 2.54. The van der Waals surface area contributed by atoms with Gasteiger partial charge in [0.1, 0.15) is 47.7 Å². The average Bonchev–Trinajstić information content (AvgIpc) is 1.57. The molecule has 38 heteroatoms. The predicted octanol–water partition coefficient (Wildman–Crippen LogP) is 14.1. The largest absolute Gasteiger partial charge is 0.508 e. The lowest BCUT2D eigenvalue weighted by molar-refractivity contribution is -0.193. The number of nitrogens with one attached hydrogen (secondary N) is 3. The van der Waals surface area contributed by atoms with Gasteiger partial charge in [0, 0.05) is 107 Å². The number of aryl methyl sites for hydroxylation is 2. The number of phenolic OH excluding ortho intramolecular Hbond substituents is 6. The van der Waals surface area contributed by atoms with Crippen molar-refractivity contribution < 1.29 is 93.0 Å². The Balaban J connectivity index is 0.000000175. The van der Waals surface area contributed by atoms with Crippen LogP contribution < -0.4 is 27.1 Å². The highest BCUT2D eigenvalue weighted by atomic mass is 35.5. The topological polar surface area (TPSA) is 492 Å². The predicted molar refractivity (Wildman–Crippen MR) is 556 cm³/mol. The summed E-state index contributed by atoms with van der Waals surface area (Å²) < 4.78 is 29.7. The molecule has 8 aliphatic rings. The number of aromatic hydroxyl groups is 6. The van der Waals surface area contributed by atoms with Crippen molar-refractivity contribution in [3.8, 4) is 91.4 Å². The lowest BCUT2D eigenvalue weighted by Gasteiger charge is -2.39. The van der Waals surface area contributed by atoms with Crippen LogP contribution in [0, 0.1) is 23.7 Å². The number of carbonyl (C=O) groups is 8. The first-order valence-corrected chi connectivity index (χ1v) is 50.8. The number of esters is 4. The van der Waals surface area contributed by atoms with Crippen molar-refractivity contribution in [1.29, 1.82) is 0 Å². The van der Waals surface area contributed by atoms with Crippen LogP contribution in [0.1, 0.15) is 241 Å². The van der Waals surface area contributed by atoms with Crippen molar-refractivity contribution in [2.75, 3.05) is 65.4 Å². The van der Waals surface area contributed by atoms with E-state index in [1.165, 1.54) is 12.1 Å². The van der Waals surface area contributed by atoms with Gasteiger partial charge in [-0.2, -0.15) is 0 Å². The number of benzene rings is 6. The summed E-state index contributed by atoms with van der Waals surface area (Å²) in [5.74, 6) is -4.62. The summed E-state index contributed by atoms with van der Waals surface area (Å²) in [4.78, 5) is 149. The van der Waals surface area contributed by atoms with Gasteiger partial charge in [-0.15, -0.1) is 32.8 Å². The maximum atomic E-state index is 14.1. The van der Waals surface area contributed by atoms with E-state index in [1.54, 1.807) is 86.7 Å². The highest BCUT2D eigenvalue weighted by Crippen LogP contribution is 2.48. The minimum absolute atomic E-state index is 0. The molecule has 2 unspecified atom stereocenters. The number of carboxylic acids is 1. The Morgan fingerprint density at radius 3 is 1.37 bits per heavy atom. The number of aliphatic carboxylic acids is 1. The molecule has 4 fully saturated rings. The van der Waals surface area contributed by atoms with Gasteiger partial charge in [-0.1, -0.05) is 87.1 Å². The summed E-state index contributed by atoms with van der Waals surface area (Å²) in [5, 5.41) is 99.5. The number of phenols is 6. The molecule has 2 atom stereocenters. The number of amides is 3. The Bertz CT molecular complexity index is 7350. The number of hydrogen-bond donors (Lipinski definition) is 10. The van der Waals surface area contributed by atoms with E-state index >= 15 is 0 Å². The Labute approximate surface area is 866 Å². The number of fused-ring (bicyclic) bond motifs is 10. The maximum Gasteiger partial charge on any atom is 0.355 e. The number of nitrogens with zero attached hydrogens (tertiary/aromatic N) is 13. The van der Waals surface area contributed by atoms with Crippen molar-refractivity contribution in [3.05, 3.63) is 220 Å². The zero-order valence-corrected chi connectivity index (χ0v) is 85.2. The van der Waals surface area contributed by atoms with Crippen molar-refractivity contribution in [2.45, 2.75) is 216 Å². The molecule has 0 bridgehead atoms. The van der Waals surface area contributed by atoms with Crippen LogP contribution >= 0.6 is 12.4 Å². The number of cyclic esters (lactones) is 2. The minimum Gasteiger partial charge on any atom is -0.508 e. The zero-order chi connectivity index (χ0) is 104. The molecule has 149 heavy (non-hydrogen) atoms. The number of halogens is 1. The second-order valence-electron chi connectivity index (χ2n) is 39.6. The molecule has 6 aromatic carbocycles. The highest BCUT2D eigenvalue weighted by molar-refractivity contribution is 5.96. The average molecular weight is 2060 g/mol. The molecule has 10 N–H and O–H groups in total. The molecule has 6 aromatic heterocycles. The lowest BCUT2D eigenvalue weighted by atomic mass is 9.85. The summed E-state index contributed by atoms with van der Waals surface area (Å²) >= 11 is 0. The van der Waals surface area contributed by atoms with Crippen LogP contribution in [0.15, 0.2) is 131 Å². The number of ether oxygens (including phenoxy) is 4. The molecular formula is C111H127ClN16O21. The van der Waals surface area contributed by atoms with Crippen molar-refractivity contribution >= 4 is 81.8 Å². The number of carbonyl (C=O) groups excluding carboxylic acids is 7. The smallest absolute Gasteiger partial charge is 0.355 e. The third-order valence-corrected chi connectivity index (χ3v) is 30.1. The summed E-state index contributed by atoms with van der Waals surface area (Å²) in [7, 11) is 0. The van der Waals surface area contributed by atoms with Crippen molar-refractivity contribution in [3.63, 3.8) is 0 Å². The number of rotatable bonds is 24. The fourth-order valence-corrected chi connectivity index (χ4v) is 21.8. The summed E-state index contributed by atoms with van der Waals surface area (Å²) in [6.07, 6.45) is 6.12. The summed E-state index contributed by atoms with van der Waals surface area (Å²) in [6, 6.07) is 35.2. The Kier molecular flexibility index (Phi) is 31.7. The van der Waals surface area contributed by atoms with Crippen LogP contribution in [-0.2, 0) is 111 Å². The fourth-order valence-electron chi connectivity index (χ4n) is 21.8. The van der Waals surface area contributed by atoms with E-state index in [0.29, 0.717) is 220 Å². The standard InChI is InChI=1S/C55H60N8O10.C28H29N3O6.C27H33N5O5.CH4.ClH/c1-6-36-38-23-34-28-62-43(47(34)57-42(38)13-14-44(36)64)25-41-40(52(62)69)29-72-54(71)55(41,7-2)73-53(70)33-17-21-61(22-18-33)51(68)32-15-19-60(20-16-32)27-31-9-11-35(12-10-31)63-48(58-59-49(63)50(67)56-8-3)39-24-37(30(4)5)45(65)26-46(39)66;1-3-17-18-11-16(32)5-6-22(18)30-24-19(17)13-31-23(24)12-21-20(25(31)33)14-36-27(35)28(21,4-2)37-26(34)15-7-9-29-10-8-15;1-4-28-26(35)25-30-29-24(21-13-20(16(2)3)22(33)14-23(21)34)32(25)19-7-5-17(6-8-19)15-31-11-9-18(10-12-31)27(36)37;;/h9-14,23-26,30,32-33,64-66H,6-8,15-22,27-29H2,1-5H3,(H,56,67);5-6,11-12,15,29,32H,3-4,7-10,13-14H2,1-2H3;5-8,13-14,16,18,33-34H,4,9-12,15H2,1-3H3,(H,28,35)(H,36,37);1H4;1H. The number of piperidine rings is 4. The van der Waals surface area contributed by atoms with Gasteiger partial charge in [0.2, 0.25) is 28.8 Å². The van der Waals surface area contributed by atoms with E-state index < -0.39 is 58.8 Å². The number of carboxylic acid groups (broad SMARTS) is 1. The molecule has 0 saturated carbocycles. The van der Waals surface area contributed by atoms with Gasteiger partial charge < -0.3 is 84.7 Å². The van der Waals surface area contributed by atoms with E-state index in [0.717, 1.165) is 57.2 Å². The molecule has 3 amide bonds. The fraction of sp³-hybridized carbons (Fsp3) is 0.423. The van der Waals surface area contributed by atoms with Crippen molar-refractivity contribution in [2.24, 2.45) is 23.7 Å². The first-order valence-electron chi connectivity index (χ1n) is 50.8. The van der Waals surface area contributed by atoms with Gasteiger partial charge in [-0.3, -0.25) is 57.3 Å². The van der Waals surface area contributed by atoms with Gasteiger partial charge in [0.15, 0.2) is 11.6 Å². The van der Waals surface area contributed by atoms with E-state index in [9.17, 15) is 83.7 Å². The molecule has 37 nitrogen and oxygen atoms in total. The molecule has 20 rings (SSSR count). The second-order valence-corrected chi connectivity index (χ2v) is 39.6. The van der Waals surface area contributed by atoms with Gasteiger partial charge in [-0.25, -0.2) is 19.6 Å². The van der Waals surface area contributed by atoms with E-state index in [2.05, 4.69) is 46.1 Å². The Hall–Kier alpha value is -15.0. The van der Waals surface area contributed by atoms with E-state index in [1.807, 2.05) is 115 Å². The maximum absolute atomic E-state index is 14.1. The number of aromatic nitrogens is 10. The molecule has 0 radical (unpaired) electrons. The van der Waals surface area contributed by atoms with E-state index in [-0.39, 0.29) is 162 Å². The molecule has 0 spiro atoms. The lowest BCUT2D eigenvalue weighted by Crippen LogP contribution is -2.50. The summed E-state index contributed by atoms with van der Waals surface area (Å²) in [5.41, 5.74) is 9.71. The third-order valence-electron chi connectivity index (χ3n) is 30.1. The molecule has 784 valence electrons.